The topological polar surface area (TPSA) is 24.9 Å². The molecule has 1 aliphatic rings. The van der Waals surface area contributed by atoms with Crippen molar-refractivity contribution in [1.82, 2.24) is 10.3 Å². The summed E-state index contributed by atoms with van der Waals surface area (Å²) in [5, 5.41) is 5.37. The molecule has 4 heteroatoms. The second-order valence-electron chi connectivity index (χ2n) is 5.65. The molecule has 1 fully saturated rings. The van der Waals surface area contributed by atoms with Crippen molar-refractivity contribution < 1.29 is 0 Å². The fraction of sp³-hybridized carbons (Fsp3) is 0.438. The van der Waals surface area contributed by atoms with Crippen LogP contribution in [0.1, 0.15) is 43.2 Å². The molecule has 2 nitrogen and oxygen atoms in total. The van der Waals surface area contributed by atoms with Gasteiger partial charge in [0.2, 0.25) is 0 Å². The van der Waals surface area contributed by atoms with Gasteiger partial charge in [-0.15, -0.1) is 11.3 Å². The molecule has 0 atom stereocenters. The molecular weight excluding hydrogens is 288 g/mol. The number of hydrogen-bond donors (Lipinski definition) is 1. The minimum absolute atomic E-state index is 0.499. The van der Waals surface area contributed by atoms with Crippen LogP contribution in [-0.4, -0.2) is 11.0 Å². The van der Waals surface area contributed by atoms with Crippen molar-refractivity contribution in [1.29, 1.82) is 0 Å². The predicted octanol–water partition coefficient (Wildman–Crippen LogP) is 4.84. The van der Waals surface area contributed by atoms with Crippen LogP contribution in [0.3, 0.4) is 0 Å². The second kappa shape index (κ2) is 5.84. The lowest BCUT2D eigenvalue weighted by Crippen LogP contribution is -2.21. The number of thiazole rings is 1. The smallest absolute Gasteiger partial charge is 0.123 e. The highest BCUT2D eigenvalue weighted by atomic mass is 35.5. The Morgan fingerprint density at radius 1 is 1.40 bits per heavy atom. The van der Waals surface area contributed by atoms with E-state index in [1.54, 1.807) is 11.3 Å². The molecular formula is C16H19ClN2S. The Bertz CT molecular complexity index is 602. The van der Waals surface area contributed by atoms with E-state index in [0.717, 1.165) is 22.1 Å². The summed E-state index contributed by atoms with van der Waals surface area (Å²) in [5.41, 5.74) is 2.43. The fourth-order valence-electron chi connectivity index (χ4n) is 2.21. The van der Waals surface area contributed by atoms with E-state index in [1.165, 1.54) is 23.4 Å². The molecule has 1 aromatic carbocycles. The van der Waals surface area contributed by atoms with E-state index in [1.807, 2.05) is 18.2 Å². The lowest BCUT2D eigenvalue weighted by molar-refractivity contribution is 0.590. The summed E-state index contributed by atoms with van der Waals surface area (Å²) in [5.74, 6) is 0.683. The molecule has 1 aromatic heterocycles. The van der Waals surface area contributed by atoms with Crippen molar-refractivity contribution in [3.8, 4) is 10.6 Å². The van der Waals surface area contributed by atoms with Crippen LogP contribution in [0, 0.1) is 0 Å². The molecule has 0 bridgehead atoms. The zero-order valence-corrected chi connectivity index (χ0v) is 13.4. The first kappa shape index (κ1) is 14.1. The van der Waals surface area contributed by atoms with Gasteiger partial charge in [0.1, 0.15) is 5.01 Å². The van der Waals surface area contributed by atoms with Crippen molar-refractivity contribution >= 4 is 22.9 Å². The molecule has 1 saturated carbocycles. The highest BCUT2D eigenvalue weighted by molar-refractivity contribution is 7.15. The third-order valence-corrected chi connectivity index (χ3v) is 4.79. The summed E-state index contributed by atoms with van der Waals surface area (Å²) >= 11 is 7.88. The summed E-state index contributed by atoms with van der Waals surface area (Å²) in [4.78, 5) is 6.27. The van der Waals surface area contributed by atoms with Crippen LogP contribution in [-0.2, 0) is 6.54 Å². The highest BCUT2D eigenvalue weighted by Crippen LogP contribution is 2.44. The van der Waals surface area contributed by atoms with Gasteiger partial charge >= 0.3 is 0 Å². The van der Waals surface area contributed by atoms with E-state index in [-0.39, 0.29) is 0 Å². The van der Waals surface area contributed by atoms with Gasteiger partial charge < -0.3 is 5.32 Å². The molecule has 106 valence electrons. The average molecular weight is 307 g/mol. The van der Waals surface area contributed by atoms with Crippen LogP contribution >= 0.6 is 22.9 Å². The quantitative estimate of drug-likeness (QED) is 0.855. The van der Waals surface area contributed by atoms with Crippen LogP contribution in [0.5, 0.6) is 0 Å². The van der Waals surface area contributed by atoms with Gasteiger partial charge in [-0.25, -0.2) is 4.98 Å². The highest BCUT2D eigenvalue weighted by Gasteiger charge is 2.29. The van der Waals surface area contributed by atoms with Gasteiger partial charge in [-0.3, -0.25) is 0 Å². The second-order valence-corrected chi connectivity index (χ2v) is 7.17. The minimum Gasteiger partial charge on any atom is -0.310 e. The van der Waals surface area contributed by atoms with E-state index >= 15 is 0 Å². The summed E-state index contributed by atoms with van der Waals surface area (Å²) in [6, 6.07) is 8.47. The number of aromatic nitrogens is 1. The van der Waals surface area contributed by atoms with Crippen molar-refractivity contribution in [3.05, 3.63) is 39.9 Å². The maximum Gasteiger partial charge on any atom is 0.123 e. The minimum atomic E-state index is 0.499. The number of nitrogens with zero attached hydrogens (tertiary/aromatic N) is 1. The van der Waals surface area contributed by atoms with Gasteiger partial charge in [-0.1, -0.05) is 37.6 Å². The normalized spacial score (nSPS) is 15.0. The lowest BCUT2D eigenvalue weighted by atomic mass is 10.2. The van der Waals surface area contributed by atoms with Crippen LogP contribution in [0.15, 0.2) is 24.3 Å². The Balaban J connectivity index is 1.90. The summed E-state index contributed by atoms with van der Waals surface area (Å²) in [6.07, 6.45) is 2.57. The van der Waals surface area contributed by atoms with E-state index in [4.69, 9.17) is 16.6 Å². The van der Waals surface area contributed by atoms with Gasteiger partial charge in [0.25, 0.3) is 0 Å². The van der Waals surface area contributed by atoms with E-state index in [0.29, 0.717) is 12.0 Å². The Morgan fingerprint density at radius 2 is 2.20 bits per heavy atom. The lowest BCUT2D eigenvalue weighted by Gasteiger charge is -2.07. The SMILES string of the molecule is CC(C)NCc1sc(-c2cccc(Cl)c2)nc1C1CC1. The number of nitrogens with one attached hydrogen (secondary N) is 1. The first-order valence-corrected chi connectivity index (χ1v) is 8.32. The molecule has 20 heavy (non-hydrogen) atoms. The van der Waals surface area contributed by atoms with Crippen LogP contribution in [0.25, 0.3) is 10.6 Å². The fourth-order valence-corrected chi connectivity index (χ4v) is 3.49. The standard InChI is InChI=1S/C16H19ClN2S/c1-10(2)18-9-14-15(11-6-7-11)19-16(20-14)12-4-3-5-13(17)8-12/h3-5,8,10-11,18H,6-7,9H2,1-2H3. The van der Waals surface area contributed by atoms with Gasteiger partial charge in [-0.05, 0) is 25.0 Å². The van der Waals surface area contributed by atoms with Crippen molar-refractivity contribution in [2.75, 3.05) is 0 Å². The molecule has 2 aromatic rings. The summed E-state index contributed by atoms with van der Waals surface area (Å²) in [6.45, 7) is 5.27. The molecule has 1 aliphatic carbocycles. The van der Waals surface area contributed by atoms with Gasteiger partial charge in [0, 0.05) is 34.0 Å². The molecule has 0 radical (unpaired) electrons. The number of rotatable bonds is 5. The number of hydrogen-bond acceptors (Lipinski definition) is 3. The monoisotopic (exact) mass is 306 g/mol. The molecule has 0 aliphatic heterocycles. The molecule has 0 unspecified atom stereocenters. The van der Waals surface area contributed by atoms with Gasteiger partial charge in [0.15, 0.2) is 0 Å². The largest absolute Gasteiger partial charge is 0.310 e. The van der Waals surface area contributed by atoms with E-state index < -0.39 is 0 Å². The summed E-state index contributed by atoms with van der Waals surface area (Å²) < 4.78 is 0. The third kappa shape index (κ3) is 3.22. The zero-order chi connectivity index (χ0) is 14.1. The molecule has 0 saturated heterocycles. The maximum atomic E-state index is 6.08. The third-order valence-electron chi connectivity index (χ3n) is 3.43. The van der Waals surface area contributed by atoms with E-state index in [9.17, 15) is 0 Å². The Kier molecular flexibility index (Phi) is 4.11. The summed E-state index contributed by atoms with van der Waals surface area (Å²) in [7, 11) is 0. The first-order chi connectivity index (χ1) is 9.63. The van der Waals surface area contributed by atoms with Crippen molar-refractivity contribution in [2.45, 2.75) is 45.2 Å². The molecule has 3 rings (SSSR count). The maximum absolute atomic E-state index is 6.08. The molecule has 0 amide bonds. The number of halogens is 1. The first-order valence-electron chi connectivity index (χ1n) is 7.12. The van der Waals surface area contributed by atoms with Gasteiger partial charge in [-0.2, -0.15) is 0 Å². The van der Waals surface area contributed by atoms with Crippen molar-refractivity contribution in [2.24, 2.45) is 0 Å². The average Bonchev–Trinajstić information content (AvgIpc) is 3.16. The Morgan fingerprint density at radius 3 is 2.85 bits per heavy atom. The van der Waals surface area contributed by atoms with Crippen molar-refractivity contribution in [3.63, 3.8) is 0 Å². The predicted molar refractivity (Wildman–Crippen MR) is 86.5 cm³/mol. The molecule has 0 spiro atoms. The van der Waals surface area contributed by atoms with E-state index in [2.05, 4.69) is 25.2 Å². The molecule has 1 heterocycles. The Hall–Kier alpha value is -0.900. The zero-order valence-electron chi connectivity index (χ0n) is 11.8. The number of benzene rings is 1. The molecule has 1 N–H and O–H groups in total. The van der Waals surface area contributed by atoms with Crippen LogP contribution < -0.4 is 5.32 Å². The van der Waals surface area contributed by atoms with Gasteiger partial charge in [0.05, 0.1) is 5.69 Å². The Labute approximate surface area is 129 Å². The van der Waals surface area contributed by atoms with Crippen LogP contribution in [0.2, 0.25) is 5.02 Å². The van der Waals surface area contributed by atoms with Crippen LogP contribution in [0.4, 0.5) is 0 Å².